The minimum absolute atomic E-state index is 0.193. The lowest BCUT2D eigenvalue weighted by atomic mass is 9.91. The number of aromatic nitrogens is 1. The van der Waals surface area contributed by atoms with Crippen molar-refractivity contribution < 1.29 is 19.7 Å². The molecule has 1 saturated heterocycles. The zero-order valence-corrected chi connectivity index (χ0v) is 13.7. The number of nitrogens with zero attached hydrogens (tertiary/aromatic N) is 2. The fraction of sp³-hybridized carbons (Fsp3) is 0.400. The van der Waals surface area contributed by atoms with Gasteiger partial charge in [-0.05, 0) is 31.0 Å². The average Bonchev–Trinajstić information content (AvgIpc) is 3.09. The Labute approximate surface area is 140 Å². The molecule has 23 heavy (non-hydrogen) atoms. The van der Waals surface area contributed by atoms with E-state index in [2.05, 4.69) is 9.98 Å². The molecule has 2 N–H and O–H groups in total. The minimum atomic E-state index is -0.895. The molecule has 0 amide bonds. The summed E-state index contributed by atoms with van der Waals surface area (Å²) in [5.41, 5.74) is 0.783. The van der Waals surface area contributed by atoms with Gasteiger partial charge < -0.3 is 14.9 Å². The number of carboxylic acids is 1. The number of hydrogen-bond acceptors (Lipinski definition) is 7. The number of phenols is 1. The highest BCUT2D eigenvalue weighted by atomic mass is 32.2. The number of aliphatic carboxylic acids is 1. The number of thioether (sulfide) groups is 1. The number of fused-ring (bicyclic) bond motifs is 1. The van der Waals surface area contributed by atoms with Gasteiger partial charge in [0.25, 0.3) is 0 Å². The van der Waals surface area contributed by atoms with Crippen molar-refractivity contribution in [2.24, 2.45) is 4.99 Å². The van der Waals surface area contributed by atoms with Gasteiger partial charge in [0.1, 0.15) is 15.8 Å². The molecule has 2 aliphatic heterocycles. The van der Waals surface area contributed by atoms with Crippen LogP contribution in [0.25, 0.3) is 10.2 Å². The molecule has 2 aliphatic rings. The molecule has 1 atom stereocenters. The van der Waals surface area contributed by atoms with Gasteiger partial charge in [0.15, 0.2) is 6.04 Å². The lowest BCUT2D eigenvalue weighted by molar-refractivity contribution is -0.139. The molecule has 0 saturated carbocycles. The first-order valence-electron chi connectivity index (χ1n) is 7.25. The van der Waals surface area contributed by atoms with E-state index in [0.717, 1.165) is 10.2 Å². The largest absolute Gasteiger partial charge is 0.508 e. The molecule has 0 aliphatic carbocycles. The topological polar surface area (TPSA) is 92.0 Å². The lowest BCUT2D eigenvalue weighted by Crippen LogP contribution is -2.44. The minimum Gasteiger partial charge on any atom is -0.508 e. The Morgan fingerprint density at radius 1 is 1.35 bits per heavy atom. The number of carboxylic acid groups (broad SMARTS) is 1. The third-order valence-electron chi connectivity index (χ3n) is 4.17. The van der Waals surface area contributed by atoms with Crippen molar-refractivity contribution >= 4 is 44.3 Å². The number of phenolic OH excluding ortho intramolecular Hbond substituents is 1. The summed E-state index contributed by atoms with van der Waals surface area (Å²) in [6.07, 6.45) is 1.35. The summed E-state index contributed by atoms with van der Waals surface area (Å²) in [5.74, 6) is -0.703. The van der Waals surface area contributed by atoms with Gasteiger partial charge in [-0.1, -0.05) is 11.8 Å². The van der Waals surface area contributed by atoms with Gasteiger partial charge in [-0.15, -0.1) is 11.3 Å². The number of aromatic hydroxyl groups is 1. The quantitative estimate of drug-likeness (QED) is 0.864. The molecule has 4 rings (SSSR count). The van der Waals surface area contributed by atoms with E-state index in [-0.39, 0.29) is 5.75 Å². The number of ether oxygens (including phenoxy) is 1. The molecule has 2 aromatic rings. The highest BCUT2D eigenvalue weighted by molar-refractivity contribution is 8.16. The van der Waals surface area contributed by atoms with Crippen LogP contribution in [0.5, 0.6) is 5.75 Å². The van der Waals surface area contributed by atoms with Crippen LogP contribution in [-0.4, -0.2) is 50.2 Å². The molecule has 0 bridgehead atoms. The summed E-state index contributed by atoms with van der Waals surface area (Å²) in [5, 5.41) is 20.5. The fourth-order valence-corrected chi connectivity index (χ4v) is 5.44. The third kappa shape index (κ3) is 2.50. The van der Waals surface area contributed by atoms with E-state index >= 15 is 0 Å². The number of thiazole rings is 1. The van der Waals surface area contributed by atoms with E-state index in [0.29, 0.717) is 36.1 Å². The molecular weight excluding hydrogens is 336 g/mol. The Hall–Kier alpha value is -1.64. The average molecular weight is 350 g/mol. The van der Waals surface area contributed by atoms with Crippen LogP contribution in [0.15, 0.2) is 23.2 Å². The van der Waals surface area contributed by atoms with E-state index in [4.69, 9.17) is 4.74 Å². The molecular formula is C15H14N2O4S2. The van der Waals surface area contributed by atoms with E-state index < -0.39 is 16.8 Å². The van der Waals surface area contributed by atoms with Gasteiger partial charge in [-0.3, -0.25) is 4.99 Å². The third-order valence-corrected chi connectivity index (χ3v) is 6.86. The molecule has 0 radical (unpaired) electrons. The molecule has 6 nitrogen and oxygen atoms in total. The van der Waals surface area contributed by atoms with Crippen molar-refractivity contribution in [3.05, 3.63) is 23.2 Å². The fourth-order valence-electron chi connectivity index (χ4n) is 2.99. The Balaban J connectivity index is 1.72. The van der Waals surface area contributed by atoms with E-state index in [1.807, 2.05) is 0 Å². The SMILES string of the molecule is O=C(O)C1N=C(c2nc3ccc(O)cc3s2)SC12CCOCC2. The number of benzene rings is 1. The van der Waals surface area contributed by atoms with Crippen LogP contribution in [0.4, 0.5) is 0 Å². The van der Waals surface area contributed by atoms with Crippen LogP contribution < -0.4 is 0 Å². The summed E-state index contributed by atoms with van der Waals surface area (Å²) < 4.78 is 5.82. The van der Waals surface area contributed by atoms with Gasteiger partial charge >= 0.3 is 5.97 Å². The maximum Gasteiger partial charge on any atom is 0.329 e. The lowest BCUT2D eigenvalue weighted by Gasteiger charge is -2.34. The van der Waals surface area contributed by atoms with Crippen molar-refractivity contribution in [3.8, 4) is 5.75 Å². The summed E-state index contributed by atoms with van der Waals surface area (Å²) in [7, 11) is 0. The van der Waals surface area contributed by atoms with Crippen LogP contribution in [0.3, 0.4) is 0 Å². The standard InChI is InChI=1S/C15H14N2O4S2/c18-8-1-2-9-10(7-8)22-12(16-9)13-17-11(14(19)20)15(23-13)3-5-21-6-4-15/h1-2,7,11,18H,3-6H2,(H,19,20). The van der Waals surface area contributed by atoms with Crippen molar-refractivity contribution in [3.63, 3.8) is 0 Å². The van der Waals surface area contributed by atoms with E-state index in [9.17, 15) is 15.0 Å². The van der Waals surface area contributed by atoms with Gasteiger partial charge in [0, 0.05) is 13.2 Å². The molecule has 120 valence electrons. The summed E-state index contributed by atoms with van der Waals surface area (Å²) in [6.45, 7) is 1.13. The first-order chi connectivity index (χ1) is 11.1. The number of aliphatic imine (C=N–C) groups is 1. The first-order valence-corrected chi connectivity index (χ1v) is 8.88. The summed E-state index contributed by atoms with van der Waals surface area (Å²) in [4.78, 5) is 20.7. The van der Waals surface area contributed by atoms with Crippen molar-refractivity contribution in [2.45, 2.75) is 23.6 Å². The first kappa shape index (κ1) is 14.9. The Bertz CT molecular complexity index is 811. The van der Waals surface area contributed by atoms with E-state index in [1.54, 1.807) is 18.2 Å². The summed E-state index contributed by atoms with van der Waals surface area (Å²) in [6, 6.07) is 4.25. The van der Waals surface area contributed by atoms with E-state index in [1.165, 1.54) is 23.1 Å². The maximum absolute atomic E-state index is 11.7. The zero-order valence-electron chi connectivity index (χ0n) is 12.1. The van der Waals surface area contributed by atoms with Gasteiger partial charge in [0.2, 0.25) is 0 Å². The smallest absolute Gasteiger partial charge is 0.329 e. The Morgan fingerprint density at radius 3 is 2.87 bits per heavy atom. The Kier molecular flexibility index (Phi) is 3.55. The monoisotopic (exact) mass is 350 g/mol. The van der Waals surface area contributed by atoms with Crippen molar-refractivity contribution in [2.75, 3.05) is 13.2 Å². The highest BCUT2D eigenvalue weighted by Gasteiger charge is 2.50. The molecule has 3 heterocycles. The second-order valence-electron chi connectivity index (χ2n) is 5.63. The van der Waals surface area contributed by atoms with Gasteiger partial charge in [-0.25, -0.2) is 9.78 Å². The van der Waals surface area contributed by atoms with Gasteiger partial charge in [-0.2, -0.15) is 0 Å². The van der Waals surface area contributed by atoms with Crippen LogP contribution >= 0.6 is 23.1 Å². The predicted molar refractivity (Wildman–Crippen MR) is 89.6 cm³/mol. The number of carbonyl (C=O) groups is 1. The van der Waals surface area contributed by atoms with Crippen molar-refractivity contribution in [1.29, 1.82) is 0 Å². The molecule has 1 aromatic heterocycles. The number of rotatable bonds is 2. The second kappa shape index (κ2) is 5.47. The van der Waals surface area contributed by atoms with Crippen LogP contribution in [0.2, 0.25) is 0 Å². The Morgan fingerprint density at radius 2 is 2.13 bits per heavy atom. The molecule has 8 heteroatoms. The van der Waals surface area contributed by atoms with Crippen LogP contribution in [-0.2, 0) is 9.53 Å². The predicted octanol–water partition coefficient (Wildman–Crippen LogP) is 2.50. The number of hydrogen-bond donors (Lipinski definition) is 2. The summed E-state index contributed by atoms with van der Waals surface area (Å²) >= 11 is 2.94. The van der Waals surface area contributed by atoms with Crippen molar-refractivity contribution in [1.82, 2.24) is 4.98 Å². The maximum atomic E-state index is 11.7. The normalized spacial score (nSPS) is 23.3. The molecule has 1 fully saturated rings. The van der Waals surface area contributed by atoms with Crippen LogP contribution in [0, 0.1) is 0 Å². The molecule has 1 spiro atoms. The second-order valence-corrected chi connectivity index (χ2v) is 8.06. The van der Waals surface area contributed by atoms with Crippen LogP contribution in [0.1, 0.15) is 17.8 Å². The zero-order chi connectivity index (χ0) is 16.0. The molecule has 1 aromatic carbocycles. The highest BCUT2D eigenvalue weighted by Crippen LogP contribution is 2.47. The van der Waals surface area contributed by atoms with Gasteiger partial charge in [0.05, 0.1) is 15.0 Å². The molecule has 1 unspecified atom stereocenters.